The first-order chi connectivity index (χ1) is 14.1. The van der Waals surface area contributed by atoms with Gasteiger partial charge in [-0.05, 0) is 49.1 Å². The maximum atomic E-state index is 12.5. The van der Waals surface area contributed by atoms with Gasteiger partial charge in [-0.2, -0.15) is 0 Å². The van der Waals surface area contributed by atoms with Gasteiger partial charge in [0, 0.05) is 16.3 Å². The molecule has 29 heavy (non-hydrogen) atoms. The number of carbonyl (C=O) groups is 2. The first-order valence-electron chi connectivity index (χ1n) is 9.47. The van der Waals surface area contributed by atoms with E-state index in [0.717, 1.165) is 22.4 Å². The largest absolute Gasteiger partial charge is 0.462 e. The van der Waals surface area contributed by atoms with E-state index in [0.29, 0.717) is 28.4 Å². The number of carbonyl (C=O) groups excluding carboxylic acids is 2. The van der Waals surface area contributed by atoms with Crippen LogP contribution in [0.4, 0.5) is 5.00 Å². The Labute approximate surface area is 179 Å². The summed E-state index contributed by atoms with van der Waals surface area (Å²) in [6.07, 6.45) is 1.86. The molecule has 0 saturated carbocycles. The van der Waals surface area contributed by atoms with Crippen molar-refractivity contribution in [1.82, 2.24) is 0 Å². The summed E-state index contributed by atoms with van der Waals surface area (Å²) in [4.78, 5) is 25.7. The smallest absolute Gasteiger partial charge is 0.341 e. The molecule has 0 fully saturated rings. The van der Waals surface area contributed by atoms with Crippen molar-refractivity contribution in [3.63, 3.8) is 0 Å². The standard InChI is InChI=1S/C23H22ClNO3S/c1-2-28-23(27)19-15-20(17-8-4-3-5-9-17)29-22(19)25-21(26)10-6-7-16-11-13-18(24)14-12-16/h3-5,8-9,11-15H,2,6-7,10H2,1H3,(H,25,26). The molecule has 1 heterocycles. The molecular weight excluding hydrogens is 406 g/mol. The van der Waals surface area contributed by atoms with Gasteiger partial charge in [0.2, 0.25) is 5.91 Å². The fourth-order valence-corrected chi connectivity index (χ4v) is 4.08. The van der Waals surface area contributed by atoms with Crippen LogP contribution in [0, 0.1) is 0 Å². The molecule has 3 aromatic rings. The highest BCUT2D eigenvalue weighted by Gasteiger charge is 2.19. The average molecular weight is 428 g/mol. The lowest BCUT2D eigenvalue weighted by Gasteiger charge is -2.06. The van der Waals surface area contributed by atoms with Gasteiger partial charge in [0.15, 0.2) is 0 Å². The molecule has 1 N–H and O–H groups in total. The van der Waals surface area contributed by atoms with Crippen LogP contribution in [0.25, 0.3) is 10.4 Å². The van der Waals surface area contributed by atoms with E-state index in [1.165, 1.54) is 11.3 Å². The summed E-state index contributed by atoms with van der Waals surface area (Å²) < 4.78 is 5.15. The van der Waals surface area contributed by atoms with Crippen molar-refractivity contribution in [1.29, 1.82) is 0 Å². The van der Waals surface area contributed by atoms with E-state index in [2.05, 4.69) is 5.32 Å². The molecular formula is C23H22ClNO3S. The summed E-state index contributed by atoms with van der Waals surface area (Å²) in [7, 11) is 0. The van der Waals surface area contributed by atoms with Gasteiger partial charge < -0.3 is 10.1 Å². The first-order valence-corrected chi connectivity index (χ1v) is 10.7. The van der Waals surface area contributed by atoms with Gasteiger partial charge in [-0.15, -0.1) is 11.3 Å². The third-order valence-electron chi connectivity index (χ3n) is 4.32. The fraction of sp³-hybridized carbons (Fsp3) is 0.217. The van der Waals surface area contributed by atoms with Crippen LogP contribution in [-0.4, -0.2) is 18.5 Å². The lowest BCUT2D eigenvalue weighted by molar-refractivity contribution is -0.116. The SMILES string of the molecule is CCOC(=O)c1cc(-c2ccccc2)sc1NC(=O)CCCc1ccc(Cl)cc1. The molecule has 0 bridgehead atoms. The lowest BCUT2D eigenvalue weighted by atomic mass is 10.1. The molecule has 0 radical (unpaired) electrons. The van der Waals surface area contributed by atoms with E-state index >= 15 is 0 Å². The maximum Gasteiger partial charge on any atom is 0.341 e. The number of halogens is 1. The molecule has 0 atom stereocenters. The fourth-order valence-electron chi connectivity index (χ4n) is 2.88. The molecule has 6 heteroatoms. The highest BCUT2D eigenvalue weighted by atomic mass is 35.5. The molecule has 1 aromatic heterocycles. The second-order valence-electron chi connectivity index (χ2n) is 6.47. The quantitative estimate of drug-likeness (QED) is 0.435. The molecule has 0 aliphatic rings. The number of hydrogen-bond donors (Lipinski definition) is 1. The zero-order chi connectivity index (χ0) is 20.6. The minimum absolute atomic E-state index is 0.119. The summed E-state index contributed by atoms with van der Waals surface area (Å²) in [5.41, 5.74) is 2.52. The Bertz CT molecular complexity index is 968. The molecule has 1 amide bonds. The van der Waals surface area contributed by atoms with Crippen molar-refractivity contribution in [2.75, 3.05) is 11.9 Å². The number of nitrogens with one attached hydrogen (secondary N) is 1. The monoisotopic (exact) mass is 427 g/mol. The number of aryl methyl sites for hydroxylation is 1. The number of thiophene rings is 1. The van der Waals surface area contributed by atoms with Crippen molar-refractivity contribution < 1.29 is 14.3 Å². The Morgan fingerprint density at radius 1 is 1.07 bits per heavy atom. The van der Waals surface area contributed by atoms with Gasteiger partial charge in [-0.1, -0.05) is 54.1 Å². The van der Waals surface area contributed by atoms with Crippen LogP contribution in [0.1, 0.15) is 35.7 Å². The van der Waals surface area contributed by atoms with Crippen LogP contribution < -0.4 is 5.32 Å². The van der Waals surface area contributed by atoms with Crippen molar-refractivity contribution in [2.24, 2.45) is 0 Å². The van der Waals surface area contributed by atoms with Crippen molar-refractivity contribution >= 4 is 39.8 Å². The number of ether oxygens (including phenoxy) is 1. The third kappa shape index (κ3) is 5.92. The topological polar surface area (TPSA) is 55.4 Å². The van der Waals surface area contributed by atoms with E-state index in [4.69, 9.17) is 16.3 Å². The Morgan fingerprint density at radius 2 is 1.79 bits per heavy atom. The Morgan fingerprint density at radius 3 is 2.48 bits per heavy atom. The lowest BCUT2D eigenvalue weighted by Crippen LogP contribution is -2.14. The summed E-state index contributed by atoms with van der Waals surface area (Å²) >= 11 is 7.27. The van der Waals surface area contributed by atoms with Crippen LogP contribution in [0.2, 0.25) is 5.02 Å². The van der Waals surface area contributed by atoms with E-state index in [1.54, 1.807) is 13.0 Å². The Kier molecular flexibility index (Phi) is 7.44. The van der Waals surface area contributed by atoms with Gasteiger partial charge in [0.05, 0.1) is 12.2 Å². The van der Waals surface area contributed by atoms with E-state index in [1.807, 2.05) is 54.6 Å². The molecule has 0 saturated heterocycles. The van der Waals surface area contributed by atoms with Crippen LogP contribution in [0.5, 0.6) is 0 Å². The van der Waals surface area contributed by atoms with Crippen molar-refractivity contribution in [3.05, 3.63) is 76.8 Å². The zero-order valence-corrected chi connectivity index (χ0v) is 17.7. The highest BCUT2D eigenvalue weighted by molar-refractivity contribution is 7.20. The average Bonchev–Trinajstić information content (AvgIpc) is 3.14. The molecule has 0 unspecified atom stereocenters. The number of hydrogen-bond acceptors (Lipinski definition) is 4. The second kappa shape index (κ2) is 10.2. The molecule has 0 aliphatic carbocycles. The van der Waals surface area contributed by atoms with E-state index in [9.17, 15) is 9.59 Å². The Balaban J connectivity index is 1.67. The molecule has 3 rings (SSSR count). The second-order valence-corrected chi connectivity index (χ2v) is 7.96. The molecule has 4 nitrogen and oxygen atoms in total. The van der Waals surface area contributed by atoms with Gasteiger partial charge >= 0.3 is 5.97 Å². The molecule has 150 valence electrons. The van der Waals surface area contributed by atoms with E-state index < -0.39 is 5.97 Å². The summed E-state index contributed by atoms with van der Waals surface area (Å²) in [5.74, 6) is -0.548. The maximum absolute atomic E-state index is 12.5. The number of benzene rings is 2. The molecule has 0 spiro atoms. The molecule has 2 aromatic carbocycles. The van der Waals surface area contributed by atoms with Gasteiger partial charge in [-0.25, -0.2) is 4.79 Å². The minimum atomic E-state index is -0.428. The normalized spacial score (nSPS) is 10.6. The summed E-state index contributed by atoms with van der Waals surface area (Å²) in [5, 5.41) is 4.12. The Hall–Kier alpha value is -2.63. The van der Waals surface area contributed by atoms with Gasteiger partial charge in [-0.3, -0.25) is 4.79 Å². The van der Waals surface area contributed by atoms with Crippen molar-refractivity contribution in [3.8, 4) is 10.4 Å². The third-order valence-corrected chi connectivity index (χ3v) is 5.67. The predicted molar refractivity (Wildman–Crippen MR) is 119 cm³/mol. The molecule has 0 aliphatic heterocycles. The number of rotatable bonds is 8. The van der Waals surface area contributed by atoms with Crippen LogP contribution in [-0.2, 0) is 16.0 Å². The number of amides is 1. The highest BCUT2D eigenvalue weighted by Crippen LogP contribution is 2.36. The minimum Gasteiger partial charge on any atom is -0.462 e. The summed E-state index contributed by atoms with van der Waals surface area (Å²) in [6, 6.07) is 19.2. The zero-order valence-electron chi connectivity index (χ0n) is 16.1. The van der Waals surface area contributed by atoms with Gasteiger partial charge in [0.1, 0.15) is 5.00 Å². The van der Waals surface area contributed by atoms with Crippen molar-refractivity contribution in [2.45, 2.75) is 26.2 Å². The number of anilines is 1. The number of esters is 1. The van der Waals surface area contributed by atoms with Crippen LogP contribution in [0.15, 0.2) is 60.7 Å². The van der Waals surface area contributed by atoms with Crippen LogP contribution in [0.3, 0.4) is 0 Å². The van der Waals surface area contributed by atoms with E-state index in [-0.39, 0.29) is 12.5 Å². The first kappa shape index (κ1) is 21.1. The predicted octanol–water partition coefficient (Wildman–Crippen LogP) is 6.21. The van der Waals surface area contributed by atoms with Crippen LogP contribution >= 0.6 is 22.9 Å². The van der Waals surface area contributed by atoms with Gasteiger partial charge in [0.25, 0.3) is 0 Å². The summed E-state index contributed by atoms with van der Waals surface area (Å²) in [6.45, 7) is 2.04.